The van der Waals surface area contributed by atoms with E-state index in [1.807, 2.05) is 13.3 Å². The van der Waals surface area contributed by atoms with E-state index in [0.717, 1.165) is 71.3 Å². The number of pyridine rings is 1. The van der Waals surface area contributed by atoms with Crippen molar-refractivity contribution in [1.82, 2.24) is 34.1 Å². The van der Waals surface area contributed by atoms with Gasteiger partial charge in [-0.15, -0.1) is 0 Å². The first-order valence-electron chi connectivity index (χ1n) is 20.9. The van der Waals surface area contributed by atoms with Crippen molar-refractivity contribution in [2.75, 3.05) is 69.1 Å². The number of anilines is 2. The molecule has 0 bridgehead atoms. The molecule has 6 aliphatic rings. The summed E-state index contributed by atoms with van der Waals surface area (Å²) in [7, 11) is 0. The first kappa shape index (κ1) is 36.6. The fourth-order valence-electron chi connectivity index (χ4n) is 10.2. The van der Waals surface area contributed by atoms with Gasteiger partial charge in [-0.2, -0.15) is 0 Å². The maximum atomic E-state index is 15.0. The van der Waals surface area contributed by atoms with Gasteiger partial charge in [-0.25, -0.2) is 14.8 Å². The van der Waals surface area contributed by atoms with Crippen molar-refractivity contribution in [3.8, 4) is 11.3 Å². The average Bonchev–Trinajstić information content (AvgIpc) is 3.84. The third-order valence-corrected chi connectivity index (χ3v) is 13.9. The first-order valence-corrected chi connectivity index (χ1v) is 20.9. The number of carbonyl (C=O) groups excluding carboxylic acids is 2. The number of carbonyl (C=O) groups is 3. The molecule has 13 nitrogen and oxygen atoms in total. The molecule has 2 aromatic heterocycles. The van der Waals surface area contributed by atoms with Crippen LogP contribution in [-0.4, -0.2) is 140 Å². The standard InChI is InChI=1S/C42H57N9O4/c1-28(2)50-27-43-35-24-34(45-38(37(35)50)44-30-8-9-30)29-7-10-33-36(21-29)51(32-22-31(23-32)47-13-5-4-6-14-47)39(53)42(33)11-15-46(16-12-42)25-41(3,26-52)49-19-17-48(18-20-49)40(54)55/h7,10,21,24,26-28,30-32H,4-6,8-9,11-20,22-23,25H2,1-3H3,(H,44,45)(H,54,55)/t31-,32+,41?. The number of likely N-dealkylation sites (tertiary alicyclic amines) is 2. The molecular weight excluding hydrogens is 695 g/mol. The van der Waals surface area contributed by atoms with Gasteiger partial charge in [0.1, 0.15) is 11.8 Å². The summed E-state index contributed by atoms with van der Waals surface area (Å²) in [6, 6.07) is 10.1. The molecule has 9 rings (SSSR count). The number of aromatic nitrogens is 3. The van der Waals surface area contributed by atoms with Crippen molar-refractivity contribution in [2.24, 2.45) is 0 Å². The van der Waals surface area contributed by atoms with E-state index >= 15 is 4.79 Å². The summed E-state index contributed by atoms with van der Waals surface area (Å²) in [5.74, 6) is 1.12. The molecule has 2 aliphatic carbocycles. The Morgan fingerprint density at radius 2 is 1.73 bits per heavy atom. The minimum atomic E-state index is -0.911. The predicted octanol–water partition coefficient (Wildman–Crippen LogP) is 5.20. The van der Waals surface area contributed by atoms with Crippen LogP contribution in [0.25, 0.3) is 22.3 Å². The van der Waals surface area contributed by atoms with Gasteiger partial charge in [0.25, 0.3) is 0 Å². The number of nitrogens with zero attached hydrogens (tertiary/aromatic N) is 8. The van der Waals surface area contributed by atoms with E-state index in [1.165, 1.54) is 37.3 Å². The second-order valence-electron chi connectivity index (χ2n) is 17.8. The van der Waals surface area contributed by atoms with Crippen molar-refractivity contribution in [3.63, 3.8) is 0 Å². The Labute approximate surface area is 324 Å². The van der Waals surface area contributed by atoms with Gasteiger partial charge in [0.2, 0.25) is 5.91 Å². The van der Waals surface area contributed by atoms with Crippen LogP contribution in [0.2, 0.25) is 0 Å². The molecule has 5 fully saturated rings. The maximum Gasteiger partial charge on any atom is 0.407 e. The molecule has 3 aromatic rings. The van der Waals surface area contributed by atoms with Crippen molar-refractivity contribution >= 4 is 40.8 Å². The van der Waals surface area contributed by atoms with Crippen LogP contribution in [0.15, 0.2) is 30.6 Å². The van der Waals surface area contributed by atoms with Crippen LogP contribution >= 0.6 is 0 Å². The van der Waals surface area contributed by atoms with Gasteiger partial charge in [-0.1, -0.05) is 18.6 Å². The molecule has 1 spiro atoms. The highest BCUT2D eigenvalue weighted by molar-refractivity contribution is 6.09. The third kappa shape index (κ3) is 6.49. The van der Waals surface area contributed by atoms with E-state index in [0.29, 0.717) is 70.7 Å². The number of piperazine rings is 1. The lowest BCUT2D eigenvalue weighted by molar-refractivity contribution is -0.127. The van der Waals surface area contributed by atoms with Crippen LogP contribution in [0.1, 0.15) is 90.2 Å². The highest BCUT2D eigenvalue weighted by Gasteiger charge is 2.56. The fourth-order valence-corrected chi connectivity index (χ4v) is 10.2. The topological polar surface area (TPSA) is 130 Å². The minimum Gasteiger partial charge on any atom is -0.465 e. The number of rotatable bonds is 10. The fraction of sp³-hybridized carbons (Fsp3) is 0.643. The number of aldehydes is 1. The van der Waals surface area contributed by atoms with E-state index in [1.54, 1.807) is 0 Å². The smallest absolute Gasteiger partial charge is 0.407 e. The van der Waals surface area contributed by atoms with Crippen LogP contribution < -0.4 is 10.2 Å². The van der Waals surface area contributed by atoms with Crippen LogP contribution in [0, 0.1) is 0 Å². The van der Waals surface area contributed by atoms with Crippen molar-refractivity contribution in [2.45, 2.75) is 114 Å². The third-order valence-electron chi connectivity index (χ3n) is 13.9. The zero-order valence-electron chi connectivity index (χ0n) is 32.8. The number of hydrogen-bond acceptors (Lipinski definition) is 9. The van der Waals surface area contributed by atoms with Gasteiger partial charge in [-0.3, -0.25) is 9.69 Å². The van der Waals surface area contributed by atoms with Crippen molar-refractivity contribution < 1.29 is 19.5 Å². The second kappa shape index (κ2) is 14.1. The first-order chi connectivity index (χ1) is 26.6. The highest BCUT2D eigenvalue weighted by Crippen LogP contribution is 2.52. The molecule has 0 radical (unpaired) electrons. The number of hydrogen-bond donors (Lipinski definition) is 2. The van der Waals surface area contributed by atoms with Crippen molar-refractivity contribution in [1.29, 1.82) is 0 Å². The number of carboxylic acid groups (broad SMARTS) is 1. The van der Waals surface area contributed by atoms with Gasteiger partial charge in [0.05, 0.1) is 28.5 Å². The minimum absolute atomic E-state index is 0.179. The van der Waals surface area contributed by atoms with Crippen LogP contribution in [0.5, 0.6) is 0 Å². The Bertz CT molecular complexity index is 1950. The molecule has 1 atom stereocenters. The van der Waals surface area contributed by atoms with E-state index in [2.05, 4.69) is 67.6 Å². The molecule has 294 valence electrons. The quantitative estimate of drug-likeness (QED) is 0.267. The number of nitrogens with one attached hydrogen (secondary N) is 1. The lowest BCUT2D eigenvalue weighted by Crippen LogP contribution is -2.62. The Kier molecular flexibility index (Phi) is 9.40. The molecule has 6 heterocycles. The summed E-state index contributed by atoms with van der Waals surface area (Å²) in [6.07, 6.45) is 11.6. The highest BCUT2D eigenvalue weighted by atomic mass is 16.4. The number of fused-ring (bicyclic) bond motifs is 3. The Morgan fingerprint density at radius 1 is 1.00 bits per heavy atom. The normalized spacial score (nSPS) is 26.0. The van der Waals surface area contributed by atoms with Crippen LogP contribution in [-0.2, 0) is 15.0 Å². The van der Waals surface area contributed by atoms with Crippen molar-refractivity contribution in [3.05, 3.63) is 36.2 Å². The van der Waals surface area contributed by atoms with Gasteiger partial charge in [0.15, 0.2) is 5.82 Å². The van der Waals surface area contributed by atoms with Crippen LogP contribution in [0.3, 0.4) is 0 Å². The van der Waals surface area contributed by atoms with E-state index in [4.69, 9.17) is 9.97 Å². The summed E-state index contributed by atoms with van der Waals surface area (Å²) >= 11 is 0. The molecule has 55 heavy (non-hydrogen) atoms. The summed E-state index contributed by atoms with van der Waals surface area (Å²) in [5.41, 5.74) is 4.68. The zero-order valence-corrected chi connectivity index (χ0v) is 32.8. The molecular formula is C42H57N9O4. The molecule has 4 aliphatic heterocycles. The Hall–Kier alpha value is -4.07. The second-order valence-corrected chi connectivity index (χ2v) is 17.8. The SMILES string of the molecule is CC(C)n1cnc2cc(-c3ccc4c(c3)N([C@H]3C[C@@H](N5CCCCC5)C3)C(=O)C43CCN(CC(C)(C=O)N4CCN(C(=O)O)CC4)CC3)nc(NC3CC3)c21. The molecule has 1 aromatic carbocycles. The van der Waals surface area contributed by atoms with Gasteiger partial charge in [0, 0.05) is 68.1 Å². The molecule has 1 unspecified atom stereocenters. The number of imidazole rings is 1. The number of amides is 2. The predicted molar refractivity (Wildman–Crippen MR) is 213 cm³/mol. The number of piperidine rings is 2. The summed E-state index contributed by atoms with van der Waals surface area (Å²) in [6.45, 7) is 12.5. The van der Waals surface area contributed by atoms with E-state index in [-0.39, 0.29) is 18.0 Å². The van der Waals surface area contributed by atoms with E-state index in [9.17, 15) is 14.7 Å². The summed E-state index contributed by atoms with van der Waals surface area (Å²) in [4.78, 5) is 60.0. The number of benzene rings is 1. The summed E-state index contributed by atoms with van der Waals surface area (Å²) < 4.78 is 2.20. The summed E-state index contributed by atoms with van der Waals surface area (Å²) in [5, 5.41) is 13.1. The van der Waals surface area contributed by atoms with E-state index < -0.39 is 17.0 Å². The van der Waals surface area contributed by atoms with Crippen LogP contribution in [0.4, 0.5) is 16.3 Å². The monoisotopic (exact) mass is 751 g/mol. The molecule has 2 saturated carbocycles. The molecule has 13 heteroatoms. The largest absolute Gasteiger partial charge is 0.465 e. The maximum absolute atomic E-state index is 15.0. The zero-order chi connectivity index (χ0) is 38.1. The van der Waals surface area contributed by atoms with Gasteiger partial charge >= 0.3 is 6.09 Å². The Balaban J connectivity index is 1.00. The lowest BCUT2D eigenvalue weighted by atomic mass is 9.73. The van der Waals surface area contributed by atoms with Gasteiger partial charge < -0.3 is 39.4 Å². The molecule has 3 saturated heterocycles. The molecule has 2 amide bonds. The average molecular weight is 752 g/mol. The Morgan fingerprint density at radius 3 is 2.38 bits per heavy atom. The lowest BCUT2D eigenvalue weighted by Gasteiger charge is -2.48. The molecule has 2 N–H and O–H groups in total. The van der Waals surface area contributed by atoms with Gasteiger partial charge in [-0.05, 0) is 116 Å².